The van der Waals surface area contributed by atoms with Gasteiger partial charge in [0.1, 0.15) is 6.54 Å². The number of nitrogens with zero attached hydrogens (tertiary/aromatic N) is 2. The maximum atomic E-state index is 13.9. The van der Waals surface area contributed by atoms with Gasteiger partial charge in [-0.2, -0.15) is 0 Å². The number of rotatable bonds is 6. The molecule has 0 unspecified atom stereocenters. The Bertz CT molecular complexity index is 1410. The highest BCUT2D eigenvalue weighted by atomic mass is 32.1. The molecule has 2 heterocycles. The van der Waals surface area contributed by atoms with Crippen LogP contribution in [0.4, 0.5) is 0 Å². The number of hydrogen-bond acceptors (Lipinski definition) is 3. The maximum Gasteiger partial charge on any atom is 0.254 e. The summed E-state index contributed by atoms with van der Waals surface area (Å²) in [6, 6.07) is 24.1. The summed E-state index contributed by atoms with van der Waals surface area (Å²) in [6.45, 7) is 6.92. The molecule has 1 aliphatic heterocycles. The van der Waals surface area contributed by atoms with Gasteiger partial charge in [0.25, 0.3) is 5.91 Å². The van der Waals surface area contributed by atoms with Crippen LogP contribution in [0.1, 0.15) is 58.2 Å². The van der Waals surface area contributed by atoms with E-state index in [1.807, 2.05) is 66.4 Å². The third kappa shape index (κ3) is 4.56. The Morgan fingerprint density at radius 2 is 1.75 bits per heavy atom. The van der Waals surface area contributed by atoms with Crippen molar-refractivity contribution in [1.29, 1.82) is 0 Å². The van der Waals surface area contributed by atoms with E-state index >= 15 is 0 Å². The lowest BCUT2D eigenvalue weighted by Crippen LogP contribution is -2.49. The fourth-order valence-electron chi connectivity index (χ4n) is 5.19. The Hall–Kier alpha value is -3.44. The zero-order valence-electron chi connectivity index (χ0n) is 21.1. The second-order valence-electron chi connectivity index (χ2n) is 9.65. The van der Waals surface area contributed by atoms with E-state index in [1.54, 1.807) is 16.2 Å². The molecule has 184 valence electrons. The average molecular weight is 497 g/mol. The van der Waals surface area contributed by atoms with Gasteiger partial charge < -0.3 is 9.80 Å². The van der Waals surface area contributed by atoms with Gasteiger partial charge >= 0.3 is 0 Å². The van der Waals surface area contributed by atoms with E-state index in [2.05, 4.69) is 37.4 Å². The van der Waals surface area contributed by atoms with E-state index in [4.69, 9.17) is 0 Å². The summed E-state index contributed by atoms with van der Waals surface area (Å²) in [4.78, 5) is 32.8. The molecular weight excluding hydrogens is 464 g/mol. The molecule has 2 amide bonds. The number of benzene rings is 3. The molecule has 2 atom stereocenters. The predicted octanol–water partition coefficient (Wildman–Crippen LogP) is 6.62. The zero-order valence-corrected chi connectivity index (χ0v) is 21.9. The topological polar surface area (TPSA) is 40.6 Å². The van der Waals surface area contributed by atoms with E-state index in [0.717, 1.165) is 29.2 Å². The first kappa shape index (κ1) is 24.3. The van der Waals surface area contributed by atoms with Crippen molar-refractivity contribution in [2.24, 2.45) is 0 Å². The van der Waals surface area contributed by atoms with Crippen LogP contribution in [-0.2, 0) is 11.2 Å². The monoisotopic (exact) mass is 496 g/mol. The van der Waals surface area contributed by atoms with Gasteiger partial charge in [-0.3, -0.25) is 9.59 Å². The van der Waals surface area contributed by atoms with Gasteiger partial charge in [-0.25, -0.2) is 0 Å². The Morgan fingerprint density at radius 1 is 1.00 bits per heavy atom. The summed E-state index contributed by atoms with van der Waals surface area (Å²) in [5.74, 6) is -0.0985. The average Bonchev–Trinajstić information content (AvgIpc) is 3.39. The van der Waals surface area contributed by atoms with Crippen molar-refractivity contribution >= 4 is 33.9 Å². The molecule has 0 N–H and O–H groups in total. The number of thiophene rings is 1. The highest BCUT2D eigenvalue weighted by Gasteiger charge is 2.35. The molecule has 5 heteroatoms. The second kappa shape index (κ2) is 10.3. The molecule has 0 saturated heterocycles. The van der Waals surface area contributed by atoms with Crippen LogP contribution >= 0.6 is 11.3 Å². The largest absolute Gasteiger partial charge is 0.330 e. The van der Waals surface area contributed by atoms with Crippen molar-refractivity contribution in [1.82, 2.24) is 9.80 Å². The van der Waals surface area contributed by atoms with Gasteiger partial charge in [0.15, 0.2) is 0 Å². The normalized spacial score (nSPS) is 16.0. The first-order valence-electron chi connectivity index (χ1n) is 12.7. The smallest absolute Gasteiger partial charge is 0.254 e. The van der Waals surface area contributed by atoms with E-state index < -0.39 is 0 Å². The Morgan fingerprint density at radius 3 is 2.53 bits per heavy atom. The van der Waals surface area contributed by atoms with Crippen LogP contribution in [0.5, 0.6) is 0 Å². The van der Waals surface area contributed by atoms with Crippen LogP contribution in [0, 0.1) is 6.92 Å². The number of carbonyl (C=O) groups is 2. The minimum atomic E-state index is -0.122. The third-order valence-electron chi connectivity index (χ3n) is 7.46. The van der Waals surface area contributed by atoms with Gasteiger partial charge in [-0.1, -0.05) is 61.5 Å². The lowest BCUT2D eigenvalue weighted by molar-refractivity contribution is -0.134. The minimum absolute atomic E-state index is 0.00505. The van der Waals surface area contributed by atoms with Gasteiger partial charge in [0.2, 0.25) is 5.91 Å². The Balaban J connectivity index is 1.46. The molecular formula is C31H32N2O2S. The Kier molecular flexibility index (Phi) is 6.92. The molecule has 4 nitrogen and oxygen atoms in total. The van der Waals surface area contributed by atoms with E-state index in [1.165, 1.54) is 16.0 Å². The van der Waals surface area contributed by atoms with E-state index in [-0.39, 0.29) is 30.4 Å². The molecule has 1 aliphatic rings. The van der Waals surface area contributed by atoms with Crippen molar-refractivity contribution in [3.8, 4) is 0 Å². The first-order valence-corrected chi connectivity index (χ1v) is 13.6. The molecule has 0 aliphatic carbocycles. The standard InChI is InChI=1S/C31H32N2O2S/c1-4-22(3)33(31(35)25-14-13-23-10-6-7-11-24(23)19-25)20-29(34)32-17-15-28-27(16-18-36-28)30(32)26-12-8-5-9-21(26)2/h5-14,16,18-19,22,30H,4,15,17,20H2,1-3H3/t22-,30+/m0/s1. The molecule has 0 bridgehead atoms. The summed E-state index contributed by atoms with van der Waals surface area (Å²) in [6.07, 6.45) is 1.63. The number of amides is 2. The summed E-state index contributed by atoms with van der Waals surface area (Å²) >= 11 is 1.77. The van der Waals surface area contributed by atoms with Crippen LogP contribution in [0.25, 0.3) is 10.8 Å². The van der Waals surface area contributed by atoms with Crippen molar-refractivity contribution in [2.75, 3.05) is 13.1 Å². The fourth-order valence-corrected chi connectivity index (χ4v) is 6.09. The molecule has 4 aromatic rings. The van der Waals surface area contributed by atoms with Crippen molar-refractivity contribution in [3.05, 3.63) is 105 Å². The van der Waals surface area contributed by atoms with E-state index in [0.29, 0.717) is 12.1 Å². The molecule has 36 heavy (non-hydrogen) atoms. The predicted molar refractivity (Wildman–Crippen MR) is 147 cm³/mol. The number of aryl methyl sites for hydroxylation is 1. The number of fused-ring (bicyclic) bond motifs is 2. The molecule has 0 saturated carbocycles. The van der Waals surface area contributed by atoms with Crippen LogP contribution in [-0.4, -0.2) is 40.7 Å². The van der Waals surface area contributed by atoms with E-state index in [9.17, 15) is 9.59 Å². The van der Waals surface area contributed by atoms with Gasteiger partial charge in [-0.15, -0.1) is 11.3 Å². The molecule has 0 fully saturated rings. The summed E-state index contributed by atoms with van der Waals surface area (Å²) in [5.41, 5.74) is 4.16. The molecule has 0 radical (unpaired) electrons. The van der Waals surface area contributed by atoms with Crippen LogP contribution in [0.15, 0.2) is 78.2 Å². The summed E-state index contributed by atoms with van der Waals surface area (Å²) < 4.78 is 0. The zero-order chi connectivity index (χ0) is 25.2. The van der Waals surface area contributed by atoms with Crippen LogP contribution < -0.4 is 0 Å². The fraction of sp³-hybridized carbons (Fsp3) is 0.290. The van der Waals surface area contributed by atoms with Crippen LogP contribution in [0.3, 0.4) is 0 Å². The molecule has 3 aromatic carbocycles. The van der Waals surface area contributed by atoms with Gasteiger partial charge in [0, 0.05) is 23.0 Å². The third-order valence-corrected chi connectivity index (χ3v) is 8.45. The second-order valence-corrected chi connectivity index (χ2v) is 10.6. The van der Waals surface area contributed by atoms with Crippen molar-refractivity contribution < 1.29 is 9.59 Å². The summed E-state index contributed by atoms with van der Waals surface area (Å²) in [5, 5.41) is 4.25. The summed E-state index contributed by atoms with van der Waals surface area (Å²) in [7, 11) is 0. The lowest BCUT2D eigenvalue weighted by atomic mass is 9.90. The molecule has 0 spiro atoms. The highest BCUT2D eigenvalue weighted by molar-refractivity contribution is 7.10. The molecule has 1 aromatic heterocycles. The number of hydrogen-bond donors (Lipinski definition) is 0. The molecule has 5 rings (SSSR count). The van der Waals surface area contributed by atoms with Crippen LogP contribution in [0.2, 0.25) is 0 Å². The van der Waals surface area contributed by atoms with Crippen molar-refractivity contribution in [3.63, 3.8) is 0 Å². The van der Waals surface area contributed by atoms with Gasteiger partial charge in [-0.05, 0) is 77.7 Å². The van der Waals surface area contributed by atoms with Crippen molar-refractivity contribution in [2.45, 2.75) is 45.7 Å². The number of carbonyl (C=O) groups excluding carboxylic acids is 2. The Labute approximate surface area is 217 Å². The quantitative estimate of drug-likeness (QED) is 0.301. The van der Waals surface area contributed by atoms with Gasteiger partial charge in [0.05, 0.1) is 6.04 Å². The minimum Gasteiger partial charge on any atom is -0.330 e. The lowest BCUT2D eigenvalue weighted by Gasteiger charge is -2.39. The SMILES string of the molecule is CC[C@H](C)N(CC(=O)N1CCc2sccc2[C@H]1c1ccccc1C)C(=O)c1ccc2ccccc2c1. The first-order chi connectivity index (χ1) is 17.5. The maximum absolute atomic E-state index is 13.9. The highest BCUT2D eigenvalue weighted by Crippen LogP contribution is 2.39.